The van der Waals surface area contributed by atoms with Crippen LogP contribution in [0.3, 0.4) is 0 Å². The first-order chi connectivity index (χ1) is 16.1. The molecule has 8 nitrogen and oxygen atoms in total. The smallest absolute Gasteiger partial charge is 0.256 e. The average Bonchev–Trinajstić information content (AvgIpc) is 2.85. The number of rotatable bonds is 11. The number of aromatic nitrogens is 3. The molecule has 0 aliphatic heterocycles. The summed E-state index contributed by atoms with van der Waals surface area (Å²) in [5, 5.41) is 5.73. The molecule has 2 amide bonds. The maximum absolute atomic E-state index is 12.5. The summed E-state index contributed by atoms with van der Waals surface area (Å²) < 4.78 is 0. The lowest BCUT2D eigenvalue weighted by molar-refractivity contribution is 0.0950. The Balaban J connectivity index is 1.58. The lowest BCUT2D eigenvalue weighted by atomic mass is 10.0. The molecule has 0 saturated heterocycles. The highest BCUT2D eigenvalue weighted by Crippen LogP contribution is 2.13. The summed E-state index contributed by atoms with van der Waals surface area (Å²) in [5.41, 5.74) is 2.79. The molecule has 1 aromatic carbocycles. The molecular formula is C25H30N6O2. The molecule has 0 aliphatic carbocycles. The Labute approximate surface area is 194 Å². The normalized spacial score (nSPS) is 10.8. The van der Waals surface area contributed by atoms with Crippen LogP contribution in [-0.4, -0.2) is 57.8 Å². The Morgan fingerprint density at radius 1 is 0.939 bits per heavy atom. The second kappa shape index (κ2) is 12.4. The minimum atomic E-state index is -0.249. The SMILES string of the molecule is CCN(CC)CCCNC(=O)c1ccnc(Cc2cccc(C(=O)Nc3ccncn3)c2)c1. The molecule has 0 radical (unpaired) electrons. The second-order valence-electron chi connectivity index (χ2n) is 7.60. The van der Waals surface area contributed by atoms with Crippen molar-refractivity contribution in [1.29, 1.82) is 0 Å². The second-order valence-corrected chi connectivity index (χ2v) is 7.60. The number of benzene rings is 1. The predicted octanol–water partition coefficient (Wildman–Crippen LogP) is 3.18. The first kappa shape index (κ1) is 24.0. The zero-order chi connectivity index (χ0) is 23.5. The molecule has 0 fully saturated rings. The van der Waals surface area contributed by atoms with Crippen molar-refractivity contribution in [1.82, 2.24) is 25.2 Å². The van der Waals surface area contributed by atoms with E-state index in [1.807, 2.05) is 18.2 Å². The number of pyridine rings is 1. The third kappa shape index (κ3) is 7.47. The zero-order valence-corrected chi connectivity index (χ0v) is 19.1. The van der Waals surface area contributed by atoms with E-state index in [-0.39, 0.29) is 11.8 Å². The number of hydrogen-bond donors (Lipinski definition) is 2. The van der Waals surface area contributed by atoms with E-state index in [1.165, 1.54) is 6.33 Å². The van der Waals surface area contributed by atoms with Gasteiger partial charge in [0.05, 0.1) is 0 Å². The Hall–Kier alpha value is -3.65. The lowest BCUT2D eigenvalue weighted by Gasteiger charge is -2.17. The zero-order valence-electron chi connectivity index (χ0n) is 19.1. The fourth-order valence-electron chi connectivity index (χ4n) is 3.45. The minimum Gasteiger partial charge on any atom is -0.352 e. The highest BCUT2D eigenvalue weighted by atomic mass is 16.2. The Morgan fingerprint density at radius 3 is 2.52 bits per heavy atom. The molecule has 0 aliphatic rings. The largest absolute Gasteiger partial charge is 0.352 e. The maximum atomic E-state index is 12.5. The number of amides is 2. The van der Waals surface area contributed by atoms with E-state index in [1.54, 1.807) is 36.7 Å². The quantitative estimate of drug-likeness (QED) is 0.439. The molecule has 0 saturated carbocycles. The molecule has 0 atom stereocenters. The molecule has 0 unspecified atom stereocenters. The van der Waals surface area contributed by atoms with Gasteiger partial charge in [0.15, 0.2) is 0 Å². The van der Waals surface area contributed by atoms with E-state index in [0.29, 0.717) is 29.9 Å². The fourth-order valence-corrected chi connectivity index (χ4v) is 3.45. The standard InChI is InChI=1S/C25H30N6O2/c1-3-31(4-2)14-6-11-28-24(32)21-9-13-27-22(17-21)16-19-7-5-8-20(15-19)25(33)30-23-10-12-26-18-29-23/h5,7-10,12-13,15,17-18H,3-4,6,11,14,16H2,1-2H3,(H,28,32)(H,26,29,30,33). The number of carbonyl (C=O) groups excluding carboxylic acids is 2. The van der Waals surface area contributed by atoms with E-state index >= 15 is 0 Å². The highest BCUT2D eigenvalue weighted by Gasteiger charge is 2.10. The molecule has 0 bridgehead atoms. The van der Waals surface area contributed by atoms with Crippen LogP contribution < -0.4 is 10.6 Å². The Kier molecular flexibility index (Phi) is 9.02. The van der Waals surface area contributed by atoms with Gasteiger partial charge in [0, 0.05) is 42.2 Å². The van der Waals surface area contributed by atoms with Gasteiger partial charge in [-0.25, -0.2) is 9.97 Å². The molecule has 0 spiro atoms. The van der Waals surface area contributed by atoms with E-state index in [9.17, 15) is 9.59 Å². The van der Waals surface area contributed by atoms with Crippen molar-refractivity contribution < 1.29 is 9.59 Å². The number of nitrogens with one attached hydrogen (secondary N) is 2. The molecular weight excluding hydrogens is 416 g/mol. The predicted molar refractivity (Wildman–Crippen MR) is 128 cm³/mol. The van der Waals surface area contributed by atoms with Crippen LogP contribution in [0.15, 0.2) is 61.2 Å². The molecule has 8 heteroatoms. The van der Waals surface area contributed by atoms with Gasteiger partial charge in [-0.1, -0.05) is 26.0 Å². The van der Waals surface area contributed by atoms with Crippen LogP contribution in [0.25, 0.3) is 0 Å². The van der Waals surface area contributed by atoms with Crippen LogP contribution >= 0.6 is 0 Å². The molecule has 2 N–H and O–H groups in total. The van der Waals surface area contributed by atoms with Crippen molar-refractivity contribution in [2.45, 2.75) is 26.7 Å². The van der Waals surface area contributed by atoms with Gasteiger partial charge in [0.2, 0.25) is 0 Å². The third-order valence-electron chi connectivity index (χ3n) is 5.31. The number of hydrogen-bond acceptors (Lipinski definition) is 6. The Morgan fingerprint density at radius 2 is 1.76 bits per heavy atom. The molecule has 33 heavy (non-hydrogen) atoms. The van der Waals surface area contributed by atoms with Gasteiger partial charge in [0.25, 0.3) is 11.8 Å². The van der Waals surface area contributed by atoms with Gasteiger partial charge < -0.3 is 15.5 Å². The first-order valence-electron chi connectivity index (χ1n) is 11.2. The minimum absolute atomic E-state index is 0.101. The summed E-state index contributed by atoms with van der Waals surface area (Å²) >= 11 is 0. The van der Waals surface area contributed by atoms with Crippen molar-refractivity contribution in [2.75, 3.05) is 31.5 Å². The van der Waals surface area contributed by atoms with Crippen molar-refractivity contribution in [3.8, 4) is 0 Å². The summed E-state index contributed by atoms with van der Waals surface area (Å²) in [6, 6.07) is 12.5. The van der Waals surface area contributed by atoms with E-state index < -0.39 is 0 Å². The van der Waals surface area contributed by atoms with E-state index in [4.69, 9.17) is 0 Å². The van der Waals surface area contributed by atoms with Crippen LogP contribution in [0.1, 0.15) is 52.2 Å². The van der Waals surface area contributed by atoms with Gasteiger partial charge in [-0.15, -0.1) is 0 Å². The van der Waals surface area contributed by atoms with Crippen LogP contribution in [0.5, 0.6) is 0 Å². The topological polar surface area (TPSA) is 100 Å². The van der Waals surface area contributed by atoms with Crippen LogP contribution in [0.2, 0.25) is 0 Å². The van der Waals surface area contributed by atoms with Gasteiger partial charge in [-0.05, 0) is 62.0 Å². The van der Waals surface area contributed by atoms with Crippen molar-refractivity contribution in [3.05, 3.63) is 83.6 Å². The van der Waals surface area contributed by atoms with Crippen LogP contribution in [-0.2, 0) is 6.42 Å². The van der Waals surface area contributed by atoms with Crippen molar-refractivity contribution in [3.63, 3.8) is 0 Å². The summed E-state index contributed by atoms with van der Waals surface area (Å²) in [4.78, 5) is 39.6. The first-order valence-corrected chi connectivity index (χ1v) is 11.2. The van der Waals surface area contributed by atoms with Crippen molar-refractivity contribution in [2.24, 2.45) is 0 Å². The lowest BCUT2D eigenvalue weighted by Crippen LogP contribution is -2.30. The number of anilines is 1. The molecule has 3 rings (SSSR count). The van der Waals surface area contributed by atoms with Gasteiger partial charge in [0.1, 0.15) is 12.1 Å². The summed E-state index contributed by atoms with van der Waals surface area (Å²) in [5.74, 6) is 0.0930. The third-order valence-corrected chi connectivity index (χ3v) is 5.31. The molecule has 3 aromatic rings. The Bertz CT molecular complexity index is 1050. The molecule has 2 heterocycles. The number of nitrogens with zero attached hydrogens (tertiary/aromatic N) is 4. The van der Waals surface area contributed by atoms with E-state index in [2.05, 4.69) is 44.3 Å². The summed E-state index contributed by atoms with van der Waals surface area (Å²) in [7, 11) is 0. The highest BCUT2D eigenvalue weighted by molar-refractivity contribution is 6.03. The maximum Gasteiger partial charge on any atom is 0.256 e. The van der Waals surface area contributed by atoms with Crippen LogP contribution in [0.4, 0.5) is 5.82 Å². The van der Waals surface area contributed by atoms with E-state index in [0.717, 1.165) is 37.3 Å². The average molecular weight is 447 g/mol. The summed E-state index contributed by atoms with van der Waals surface area (Å²) in [6.45, 7) is 7.91. The fraction of sp³-hybridized carbons (Fsp3) is 0.320. The van der Waals surface area contributed by atoms with Crippen molar-refractivity contribution >= 4 is 17.6 Å². The van der Waals surface area contributed by atoms with Crippen LogP contribution in [0, 0.1) is 0 Å². The molecule has 2 aromatic heterocycles. The summed E-state index contributed by atoms with van der Waals surface area (Å²) in [6.07, 6.45) is 6.02. The monoisotopic (exact) mass is 446 g/mol. The number of carbonyl (C=O) groups is 2. The van der Waals surface area contributed by atoms with Gasteiger partial charge >= 0.3 is 0 Å². The molecule has 172 valence electrons. The van der Waals surface area contributed by atoms with Gasteiger partial charge in [-0.3, -0.25) is 14.6 Å². The van der Waals surface area contributed by atoms with Gasteiger partial charge in [-0.2, -0.15) is 0 Å².